The Kier molecular flexibility index (Phi) is 4.52. The molecule has 0 aliphatic rings. The fourth-order valence-electron chi connectivity index (χ4n) is 2.28. The molecule has 3 aromatic rings. The predicted molar refractivity (Wildman–Crippen MR) is 92.2 cm³/mol. The Morgan fingerprint density at radius 2 is 1.96 bits per heavy atom. The van der Waals surface area contributed by atoms with Crippen LogP contribution in [0.25, 0.3) is 10.2 Å². The van der Waals surface area contributed by atoms with Crippen LogP contribution in [0.2, 0.25) is 0 Å². The molecule has 0 aliphatic heterocycles. The van der Waals surface area contributed by atoms with Crippen LogP contribution in [0.15, 0.2) is 36.7 Å². The van der Waals surface area contributed by atoms with Crippen molar-refractivity contribution >= 4 is 38.6 Å². The van der Waals surface area contributed by atoms with E-state index in [1.54, 1.807) is 0 Å². The first-order valence-electron chi connectivity index (χ1n) is 7.28. The van der Waals surface area contributed by atoms with Crippen molar-refractivity contribution in [2.24, 2.45) is 0 Å². The first-order valence-corrected chi connectivity index (χ1v) is 8.09. The van der Waals surface area contributed by atoms with E-state index in [-0.39, 0.29) is 6.61 Å². The van der Waals surface area contributed by atoms with Crippen LogP contribution in [-0.4, -0.2) is 28.5 Å². The number of benzene rings is 1. The first kappa shape index (κ1) is 16.1. The van der Waals surface area contributed by atoms with Gasteiger partial charge in [0.05, 0.1) is 15.8 Å². The van der Waals surface area contributed by atoms with Crippen LogP contribution < -0.4 is 5.32 Å². The number of nitrogens with one attached hydrogen (secondary N) is 1. The van der Waals surface area contributed by atoms with E-state index >= 15 is 0 Å². The van der Waals surface area contributed by atoms with Gasteiger partial charge in [-0.1, -0.05) is 17.4 Å². The number of nitrogens with zero attached hydrogens (tertiary/aromatic N) is 2. The van der Waals surface area contributed by atoms with Gasteiger partial charge in [0, 0.05) is 12.4 Å². The van der Waals surface area contributed by atoms with Crippen molar-refractivity contribution in [3.05, 3.63) is 53.3 Å². The van der Waals surface area contributed by atoms with E-state index < -0.39 is 11.9 Å². The highest BCUT2D eigenvalue weighted by molar-refractivity contribution is 7.22. The van der Waals surface area contributed by atoms with Crippen molar-refractivity contribution in [3.63, 3.8) is 0 Å². The second kappa shape index (κ2) is 6.76. The van der Waals surface area contributed by atoms with Crippen LogP contribution in [0, 0.1) is 13.8 Å². The van der Waals surface area contributed by atoms with E-state index in [1.807, 2.05) is 26.0 Å². The number of aryl methyl sites for hydroxylation is 2. The number of esters is 1. The number of hydrogen-bond acceptors (Lipinski definition) is 6. The van der Waals surface area contributed by atoms with E-state index in [4.69, 9.17) is 4.74 Å². The zero-order valence-corrected chi connectivity index (χ0v) is 14.0. The molecule has 0 spiro atoms. The molecule has 0 saturated heterocycles. The summed E-state index contributed by atoms with van der Waals surface area (Å²) in [7, 11) is 0. The minimum absolute atomic E-state index is 0.351. The molecule has 2 heterocycles. The number of ether oxygens (including phenoxy) is 1. The van der Waals surface area contributed by atoms with Crippen LogP contribution >= 0.6 is 11.3 Å². The minimum atomic E-state index is -0.566. The van der Waals surface area contributed by atoms with E-state index in [0.29, 0.717) is 10.7 Å². The fourth-order valence-corrected chi connectivity index (χ4v) is 3.34. The number of aromatic nitrogens is 2. The molecular weight excluding hydrogens is 326 g/mol. The average molecular weight is 341 g/mol. The molecule has 1 amide bonds. The van der Waals surface area contributed by atoms with Crippen LogP contribution in [0.5, 0.6) is 0 Å². The fraction of sp³-hybridized carbons (Fsp3) is 0.176. The first-order chi connectivity index (χ1) is 11.5. The average Bonchev–Trinajstić information content (AvgIpc) is 2.96. The predicted octanol–water partition coefficient (Wildman–Crippen LogP) is 3.10. The number of carbonyl (C=O) groups excluding carboxylic acids is 2. The molecular formula is C17H15N3O3S. The van der Waals surface area contributed by atoms with Gasteiger partial charge in [0.2, 0.25) is 0 Å². The summed E-state index contributed by atoms with van der Waals surface area (Å²) in [5.74, 6) is -0.992. The van der Waals surface area contributed by atoms with Crippen LogP contribution in [0.1, 0.15) is 21.5 Å². The molecule has 3 rings (SSSR count). The lowest BCUT2D eigenvalue weighted by atomic mass is 10.1. The third kappa shape index (κ3) is 3.57. The highest BCUT2D eigenvalue weighted by Gasteiger charge is 2.13. The lowest BCUT2D eigenvalue weighted by Gasteiger charge is -2.04. The van der Waals surface area contributed by atoms with Crippen molar-refractivity contribution in [1.82, 2.24) is 9.97 Å². The second-order valence-electron chi connectivity index (χ2n) is 5.31. The van der Waals surface area contributed by atoms with Gasteiger partial charge in [-0.3, -0.25) is 15.1 Å². The Balaban J connectivity index is 1.63. The largest absolute Gasteiger partial charge is 0.452 e. The summed E-state index contributed by atoms with van der Waals surface area (Å²) in [6.45, 7) is 3.63. The van der Waals surface area contributed by atoms with Crippen LogP contribution in [0.4, 0.5) is 5.13 Å². The third-order valence-electron chi connectivity index (χ3n) is 3.33. The summed E-state index contributed by atoms with van der Waals surface area (Å²) in [4.78, 5) is 32.0. The molecule has 0 saturated carbocycles. The number of fused-ring (bicyclic) bond motifs is 1. The zero-order chi connectivity index (χ0) is 17.1. The van der Waals surface area contributed by atoms with E-state index in [2.05, 4.69) is 15.3 Å². The Morgan fingerprint density at radius 1 is 1.21 bits per heavy atom. The molecule has 2 aromatic heterocycles. The number of amides is 1. The molecule has 0 unspecified atom stereocenters. The smallest absolute Gasteiger partial charge is 0.338 e. The molecule has 0 bridgehead atoms. The van der Waals surface area contributed by atoms with Crippen molar-refractivity contribution in [3.8, 4) is 0 Å². The van der Waals surface area contributed by atoms with Gasteiger partial charge in [-0.2, -0.15) is 0 Å². The second-order valence-corrected chi connectivity index (χ2v) is 6.34. The number of anilines is 1. The standard InChI is InChI=1S/C17H15N3O3S/c1-10-7-11(2)15-13(8-10)24-17(20-15)19-14(21)9-23-16(22)12-3-5-18-6-4-12/h3-8H,9H2,1-2H3,(H,19,20,21). The number of hydrogen-bond donors (Lipinski definition) is 1. The molecule has 0 aliphatic carbocycles. The number of carbonyl (C=O) groups is 2. The Hall–Kier alpha value is -2.80. The van der Waals surface area contributed by atoms with E-state index in [9.17, 15) is 9.59 Å². The molecule has 7 heteroatoms. The molecule has 0 atom stereocenters. The molecule has 24 heavy (non-hydrogen) atoms. The Bertz CT molecular complexity index is 906. The Morgan fingerprint density at radius 3 is 2.71 bits per heavy atom. The van der Waals surface area contributed by atoms with Crippen LogP contribution in [-0.2, 0) is 9.53 Å². The highest BCUT2D eigenvalue weighted by atomic mass is 32.1. The van der Waals surface area contributed by atoms with Crippen molar-refractivity contribution in [2.45, 2.75) is 13.8 Å². The molecule has 1 N–H and O–H groups in total. The molecule has 0 radical (unpaired) electrons. The van der Waals surface area contributed by atoms with Gasteiger partial charge in [0.25, 0.3) is 5.91 Å². The van der Waals surface area contributed by atoms with E-state index in [1.165, 1.54) is 35.9 Å². The third-order valence-corrected chi connectivity index (χ3v) is 4.24. The zero-order valence-electron chi connectivity index (χ0n) is 13.2. The maximum absolute atomic E-state index is 11.9. The van der Waals surface area contributed by atoms with Gasteiger partial charge in [-0.25, -0.2) is 9.78 Å². The van der Waals surface area contributed by atoms with E-state index in [0.717, 1.165) is 21.3 Å². The van der Waals surface area contributed by atoms with Crippen LogP contribution in [0.3, 0.4) is 0 Å². The summed E-state index contributed by atoms with van der Waals surface area (Å²) in [5, 5.41) is 3.15. The summed E-state index contributed by atoms with van der Waals surface area (Å²) in [6.07, 6.45) is 2.98. The topological polar surface area (TPSA) is 81.2 Å². The molecule has 122 valence electrons. The van der Waals surface area contributed by atoms with Gasteiger partial charge in [0.1, 0.15) is 0 Å². The summed E-state index contributed by atoms with van der Waals surface area (Å²) in [5.41, 5.74) is 3.43. The highest BCUT2D eigenvalue weighted by Crippen LogP contribution is 2.29. The monoisotopic (exact) mass is 341 g/mol. The van der Waals surface area contributed by atoms with Gasteiger partial charge in [-0.05, 0) is 43.2 Å². The maximum Gasteiger partial charge on any atom is 0.338 e. The quantitative estimate of drug-likeness (QED) is 0.738. The Labute approximate surface area is 142 Å². The van der Waals surface area contributed by atoms with Gasteiger partial charge < -0.3 is 4.74 Å². The molecule has 6 nitrogen and oxygen atoms in total. The van der Waals surface area contributed by atoms with Gasteiger partial charge in [0.15, 0.2) is 11.7 Å². The van der Waals surface area contributed by atoms with Crippen molar-refractivity contribution in [1.29, 1.82) is 0 Å². The number of rotatable bonds is 4. The SMILES string of the molecule is Cc1cc(C)c2nc(NC(=O)COC(=O)c3ccncc3)sc2c1. The summed E-state index contributed by atoms with van der Waals surface area (Å²) < 4.78 is 5.99. The lowest BCUT2D eigenvalue weighted by Crippen LogP contribution is -2.20. The number of thiazole rings is 1. The lowest BCUT2D eigenvalue weighted by molar-refractivity contribution is -0.119. The maximum atomic E-state index is 11.9. The number of pyridine rings is 1. The van der Waals surface area contributed by atoms with Gasteiger partial charge >= 0.3 is 5.97 Å². The summed E-state index contributed by atoms with van der Waals surface area (Å²) in [6, 6.07) is 7.13. The van der Waals surface area contributed by atoms with Gasteiger partial charge in [-0.15, -0.1) is 0 Å². The minimum Gasteiger partial charge on any atom is -0.452 e. The normalized spacial score (nSPS) is 10.6. The van der Waals surface area contributed by atoms with Crippen molar-refractivity contribution in [2.75, 3.05) is 11.9 Å². The molecule has 1 aromatic carbocycles. The summed E-state index contributed by atoms with van der Waals surface area (Å²) >= 11 is 1.39. The molecule has 0 fully saturated rings. The van der Waals surface area contributed by atoms with Crippen molar-refractivity contribution < 1.29 is 14.3 Å².